The fourth-order valence-corrected chi connectivity index (χ4v) is 3.09. The highest BCUT2D eigenvalue weighted by Gasteiger charge is 2.32. The molecule has 0 saturated carbocycles. The van der Waals surface area contributed by atoms with Crippen molar-refractivity contribution in [3.63, 3.8) is 0 Å². The average Bonchev–Trinajstić information content (AvgIpc) is 2.61. The molecule has 2 rings (SSSR count). The minimum absolute atomic E-state index is 0.0364. The van der Waals surface area contributed by atoms with E-state index in [-0.39, 0.29) is 28.8 Å². The molecule has 2 aromatic rings. The van der Waals surface area contributed by atoms with Crippen LogP contribution >= 0.6 is 11.6 Å². The Balaban J connectivity index is 2.33. The van der Waals surface area contributed by atoms with Gasteiger partial charge in [-0.15, -0.1) is 0 Å². The van der Waals surface area contributed by atoms with E-state index in [1.807, 2.05) is 0 Å². The molecule has 152 valence electrons. The van der Waals surface area contributed by atoms with Gasteiger partial charge in [-0.2, -0.15) is 13.2 Å². The summed E-state index contributed by atoms with van der Waals surface area (Å²) < 4.78 is 38.9. The van der Waals surface area contributed by atoms with Crippen LogP contribution in [0.2, 0.25) is 5.02 Å². The number of hydrogen-bond acceptors (Lipinski definition) is 3. The smallest absolute Gasteiger partial charge is 0.416 e. The Morgan fingerprint density at radius 3 is 2.25 bits per heavy atom. The van der Waals surface area contributed by atoms with Crippen molar-refractivity contribution >= 4 is 23.2 Å². The van der Waals surface area contributed by atoms with Gasteiger partial charge in [-0.1, -0.05) is 11.6 Å². The van der Waals surface area contributed by atoms with Crippen molar-refractivity contribution in [2.75, 3.05) is 11.5 Å². The zero-order valence-corrected chi connectivity index (χ0v) is 16.1. The van der Waals surface area contributed by atoms with Gasteiger partial charge in [-0.25, -0.2) is 0 Å². The minimum Gasteiger partial charge on any atom is -0.508 e. The predicted molar refractivity (Wildman–Crippen MR) is 101 cm³/mol. The first kappa shape index (κ1) is 22.0. The van der Waals surface area contributed by atoms with Gasteiger partial charge in [0.05, 0.1) is 18.1 Å². The Labute approximate surface area is 166 Å². The quantitative estimate of drug-likeness (QED) is 0.721. The molecule has 1 amide bonds. The number of aliphatic hydroxyl groups excluding tert-OH is 1. The summed E-state index contributed by atoms with van der Waals surface area (Å²) in [6.45, 7) is 3.00. The number of nitrogens with zero attached hydrogens (tertiary/aromatic N) is 1. The number of aliphatic hydroxyl groups is 1. The number of carbonyl (C=O) groups is 1. The first-order valence-corrected chi connectivity index (χ1v) is 9.01. The maximum absolute atomic E-state index is 13.0. The summed E-state index contributed by atoms with van der Waals surface area (Å²) in [5, 5.41) is 19.3. The molecule has 1 unspecified atom stereocenters. The van der Waals surface area contributed by atoms with Crippen LogP contribution in [0.1, 0.15) is 25.0 Å². The molecule has 2 aromatic carbocycles. The van der Waals surface area contributed by atoms with E-state index >= 15 is 0 Å². The van der Waals surface area contributed by atoms with Crippen LogP contribution in [0.5, 0.6) is 5.75 Å². The van der Waals surface area contributed by atoms with E-state index < -0.39 is 30.2 Å². The number of hydrogen-bond donors (Lipinski definition) is 2. The van der Waals surface area contributed by atoms with Crippen LogP contribution in [0.15, 0.2) is 42.5 Å². The number of carbonyl (C=O) groups excluding carboxylic acids is 1. The molecule has 0 fully saturated rings. The molecular weight excluding hydrogens is 395 g/mol. The summed E-state index contributed by atoms with van der Waals surface area (Å²) in [5.41, 5.74) is -0.222. The van der Waals surface area contributed by atoms with Crippen molar-refractivity contribution < 1.29 is 28.2 Å². The van der Waals surface area contributed by atoms with Crippen molar-refractivity contribution in [1.29, 1.82) is 0 Å². The van der Waals surface area contributed by atoms with Gasteiger partial charge in [-0.3, -0.25) is 4.79 Å². The Bertz CT molecular complexity index is 822. The molecule has 0 aliphatic rings. The van der Waals surface area contributed by atoms with E-state index in [9.17, 15) is 28.2 Å². The number of amides is 1. The van der Waals surface area contributed by atoms with E-state index in [2.05, 4.69) is 0 Å². The number of halogens is 4. The Hall–Kier alpha value is -2.25. The molecule has 0 radical (unpaired) electrons. The molecule has 2 N–H and O–H groups in total. The molecule has 0 saturated heterocycles. The summed E-state index contributed by atoms with van der Waals surface area (Å²) in [7, 11) is 0. The van der Waals surface area contributed by atoms with Gasteiger partial charge in [0.15, 0.2) is 0 Å². The van der Waals surface area contributed by atoms with Crippen LogP contribution in [-0.2, 0) is 17.4 Å². The zero-order valence-electron chi connectivity index (χ0n) is 15.4. The number of aromatic hydroxyl groups is 1. The molecule has 0 aliphatic heterocycles. The lowest BCUT2D eigenvalue weighted by molar-refractivity contribution is -0.137. The highest BCUT2D eigenvalue weighted by atomic mass is 35.5. The maximum Gasteiger partial charge on any atom is 0.416 e. The Morgan fingerprint density at radius 1 is 1.14 bits per heavy atom. The third kappa shape index (κ3) is 5.17. The zero-order chi connectivity index (χ0) is 21.1. The number of alkyl halides is 3. The second-order valence-electron chi connectivity index (χ2n) is 6.71. The molecule has 28 heavy (non-hydrogen) atoms. The first-order chi connectivity index (χ1) is 13.0. The summed E-state index contributed by atoms with van der Waals surface area (Å²) in [4.78, 5) is 14.5. The van der Waals surface area contributed by atoms with E-state index in [0.29, 0.717) is 5.69 Å². The lowest BCUT2D eigenvalue weighted by Crippen LogP contribution is -2.43. The van der Waals surface area contributed by atoms with Crippen molar-refractivity contribution in [2.45, 2.75) is 32.5 Å². The molecule has 0 bridgehead atoms. The second kappa shape index (κ2) is 8.84. The van der Waals surface area contributed by atoms with Crippen molar-refractivity contribution in [3.8, 4) is 5.75 Å². The molecule has 0 heterocycles. The van der Waals surface area contributed by atoms with Crippen LogP contribution in [-0.4, -0.2) is 28.8 Å². The third-order valence-electron chi connectivity index (χ3n) is 4.29. The van der Waals surface area contributed by atoms with Crippen molar-refractivity contribution in [1.82, 2.24) is 0 Å². The lowest BCUT2D eigenvalue weighted by atomic mass is 9.96. The van der Waals surface area contributed by atoms with Gasteiger partial charge in [0.25, 0.3) is 0 Å². The van der Waals surface area contributed by atoms with Crippen LogP contribution in [0.4, 0.5) is 18.9 Å². The number of phenols is 1. The predicted octanol–water partition coefficient (Wildman–Crippen LogP) is 4.66. The van der Waals surface area contributed by atoms with Crippen LogP contribution in [0.25, 0.3) is 0 Å². The van der Waals surface area contributed by atoms with Crippen molar-refractivity contribution in [3.05, 3.63) is 58.6 Å². The molecular formula is C20H21ClF3NO3. The van der Waals surface area contributed by atoms with Gasteiger partial charge >= 0.3 is 6.18 Å². The van der Waals surface area contributed by atoms with Crippen LogP contribution in [0.3, 0.4) is 0 Å². The van der Waals surface area contributed by atoms with Gasteiger partial charge in [0.2, 0.25) is 5.91 Å². The topological polar surface area (TPSA) is 60.8 Å². The number of rotatable bonds is 6. The fraction of sp³-hybridized carbons (Fsp3) is 0.350. The summed E-state index contributed by atoms with van der Waals surface area (Å²) in [6.07, 6.45) is -4.67. The summed E-state index contributed by atoms with van der Waals surface area (Å²) >= 11 is 6.03. The largest absolute Gasteiger partial charge is 0.508 e. The van der Waals surface area contributed by atoms with Crippen LogP contribution < -0.4 is 4.90 Å². The van der Waals surface area contributed by atoms with Gasteiger partial charge < -0.3 is 15.1 Å². The highest BCUT2D eigenvalue weighted by molar-refractivity contribution is 6.31. The standard InChI is InChI=1S/C20H21ClF3NO3/c1-12(2)25(16-4-6-17(27)7-5-16)19(28)14(11-26)9-13-10-15(20(22,23)24)3-8-18(13)21/h3-8,10,12,14,26-27H,9,11H2,1-2H3. The first-order valence-electron chi connectivity index (χ1n) is 8.63. The summed E-state index contributed by atoms with van der Waals surface area (Å²) in [5.74, 6) is -1.39. The molecule has 1 atom stereocenters. The highest BCUT2D eigenvalue weighted by Crippen LogP contribution is 2.33. The third-order valence-corrected chi connectivity index (χ3v) is 4.66. The Kier molecular flexibility index (Phi) is 6.96. The minimum atomic E-state index is -4.53. The van der Waals surface area contributed by atoms with E-state index in [1.54, 1.807) is 26.0 Å². The van der Waals surface area contributed by atoms with Crippen LogP contribution in [0, 0.1) is 5.92 Å². The number of anilines is 1. The average molecular weight is 416 g/mol. The molecule has 0 aliphatic carbocycles. The van der Waals surface area contributed by atoms with E-state index in [0.717, 1.165) is 18.2 Å². The van der Waals surface area contributed by atoms with Gasteiger partial charge in [-0.05, 0) is 68.3 Å². The van der Waals surface area contributed by atoms with Gasteiger partial charge in [0.1, 0.15) is 5.75 Å². The lowest BCUT2D eigenvalue weighted by Gasteiger charge is -2.30. The van der Waals surface area contributed by atoms with E-state index in [1.165, 1.54) is 17.0 Å². The fourth-order valence-electron chi connectivity index (χ4n) is 2.89. The SMILES string of the molecule is CC(C)N(C(=O)C(CO)Cc1cc(C(F)(F)F)ccc1Cl)c1ccc(O)cc1. The molecule has 0 aromatic heterocycles. The second-order valence-corrected chi connectivity index (χ2v) is 7.11. The summed E-state index contributed by atoms with van der Waals surface area (Å²) in [6, 6.07) is 8.60. The normalized spacial score (nSPS) is 12.9. The molecule has 4 nitrogen and oxygen atoms in total. The molecule has 8 heteroatoms. The van der Waals surface area contributed by atoms with Gasteiger partial charge in [0, 0.05) is 16.8 Å². The molecule has 0 spiro atoms. The van der Waals surface area contributed by atoms with Crippen molar-refractivity contribution in [2.24, 2.45) is 5.92 Å². The maximum atomic E-state index is 13.0. The number of benzene rings is 2. The Morgan fingerprint density at radius 2 is 1.75 bits per heavy atom. The monoisotopic (exact) mass is 415 g/mol. The van der Waals surface area contributed by atoms with E-state index in [4.69, 9.17) is 11.6 Å². The number of phenolic OH excluding ortho intramolecular Hbond substituents is 1.